The fraction of sp³-hybridized carbons (Fsp3) is 0.417. The molecule has 1 atom stereocenters. The average molecular weight is 319 g/mol. The van der Waals surface area contributed by atoms with E-state index in [1.54, 1.807) is 18.5 Å². The second-order valence-electron chi connectivity index (χ2n) is 4.37. The van der Waals surface area contributed by atoms with Gasteiger partial charge in [-0.2, -0.15) is 0 Å². The number of benzene rings is 1. The van der Waals surface area contributed by atoms with Gasteiger partial charge in [-0.3, -0.25) is 0 Å². The molecule has 0 aliphatic heterocycles. The molecule has 1 N–H and O–H groups in total. The molecule has 7 heteroatoms. The first-order valence-electron chi connectivity index (χ1n) is 5.91. The van der Waals surface area contributed by atoms with E-state index in [0.29, 0.717) is 10.7 Å². The van der Waals surface area contributed by atoms with E-state index in [9.17, 15) is 8.42 Å². The van der Waals surface area contributed by atoms with Gasteiger partial charge in [0.05, 0.1) is 26.7 Å². The van der Waals surface area contributed by atoms with E-state index in [-0.39, 0.29) is 17.5 Å². The summed E-state index contributed by atoms with van der Waals surface area (Å²) in [5.41, 5.74) is 3.25. The zero-order valence-corrected chi connectivity index (χ0v) is 13.1. The normalized spacial score (nSPS) is 13.6. The van der Waals surface area contributed by atoms with Crippen LogP contribution in [0, 0.1) is 0 Å². The van der Waals surface area contributed by atoms with Crippen LogP contribution in [0.25, 0.3) is 10.2 Å². The Morgan fingerprint density at radius 1 is 1.47 bits per heavy atom. The number of aromatic nitrogens is 1. The molecule has 2 aromatic rings. The van der Waals surface area contributed by atoms with Gasteiger partial charge >= 0.3 is 0 Å². The van der Waals surface area contributed by atoms with Gasteiger partial charge in [-0.25, -0.2) is 13.4 Å². The minimum absolute atomic E-state index is 0.0837. The summed E-state index contributed by atoms with van der Waals surface area (Å²) in [6, 6.07) is 3.49. The van der Waals surface area contributed by atoms with Gasteiger partial charge in [0.15, 0.2) is 9.84 Å². The third-order valence-electron chi connectivity index (χ3n) is 2.79. The van der Waals surface area contributed by atoms with Crippen molar-refractivity contribution in [3.8, 4) is 0 Å². The first kappa shape index (κ1) is 14.6. The van der Waals surface area contributed by atoms with Gasteiger partial charge < -0.3 is 5.32 Å². The van der Waals surface area contributed by atoms with Crippen molar-refractivity contribution in [3.05, 3.63) is 22.7 Å². The number of hydrogen-bond donors (Lipinski definition) is 1. The van der Waals surface area contributed by atoms with Crippen LogP contribution in [-0.4, -0.2) is 30.9 Å². The maximum Gasteiger partial charge on any atom is 0.152 e. The minimum atomic E-state index is -3.01. The number of nitrogens with one attached hydrogen (secondary N) is 1. The lowest BCUT2D eigenvalue weighted by Crippen LogP contribution is -2.26. The number of anilines is 1. The zero-order valence-electron chi connectivity index (χ0n) is 10.7. The van der Waals surface area contributed by atoms with Crippen LogP contribution in [0.2, 0.25) is 5.02 Å². The second-order valence-corrected chi connectivity index (χ2v) is 8.06. The third kappa shape index (κ3) is 3.38. The van der Waals surface area contributed by atoms with Crippen LogP contribution in [0.5, 0.6) is 0 Å². The van der Waals surface area contributed by atoms with Crippen molar-refractivity contribution in [3.63, 3.8) is 0 Å². The van der Waals surface area contributed by atoms with Crippen molar-refractivity contribution in [2.24, 2.45) is 0 Å². The highest BCUT2D eigenvalue weighted by atomic mass is 35.5. The lowest BCUT2D eigenvalue weighted by atomic mass is 10.2. The molecule has 1 aromatic heterocycles. The molecule has 0 saturated heterocycles. The van der Waals surface area contributed by atoms with E-state index in [1.807, 2.05) is 13.0 Å². The van der Waals surface area contributed by atoms with Gasteiger partial charge in [0, 0.05) is 11.8 Å². The molecule has 1 aromatic carbocycles. The van der Waals surface area contributed by atoms with Crippen LogP contribution >= 0.6 is 22.9 Å². The Morgan fingerprint density at radius 3 is 2.89 bits per heavy atom. The number of nitrogens with zero attached hydrogens (tertiary/aromatic N) is 1. The fourth-order valence-corrected chi connectivity index (χ4v) is 3.80. The van der Waals surface area contributed by atoms with E-state index in [0.717, 1.165) is 10.2 Å². The van der Waals surface area contributed by atoms with Gasteiger partial charge in [0.2, 0.25) is 0 Å². The summed E-state index contributed by atoms with van der Waals surface area (Å²) in [4.78, 5) is 4.27. The van der Waals surface area contributed by atoms with Crippen molar-refractivity contribution in [2.45, 2.75) is 19.9 Å². The molecule has 0 fully saturated rings. The molecule has 2 rings (SSSR count). The predicted molar refractivity (Wildman–Crippen MR) is 82.0 cm³/mol. The molecule has 0 spiro atoms. The van der Waals surface area contributed by atoms with Crippen LogP contribution < -0.4 is 5.32 Å². The molecule has 0 aliphatic rings. The number of fused-ring (bicyclic) bond motifs is 1. The second kappa shape index (κ2) is 5.64. The molecule has 1 heterocycles. The quantitative estimate of drug-likeness (QED) is 0.919. The Labute approximate surface area is 121 Å². The maximum atomic E-state index is 11.6. The van der Waals surface area contributed by atoms with E-state index in [4.69, 9.17) is 11.6 Å². The standard InChI is InChI=1S/C12H15ClN2O2S2/c1-3-19(16,17)6-8(2)15-11-9(13)4-5-10-12(11)14-7-18-10/h4-5,7-8,15H,3,6H2,1-2H3. The molecule has 0 radical (unpaired) electrons. The minimum Gasteiger partial charge on any atom is -0.379 e. The van der Waals surface area contributed by atoms with Gasteiger partial charge in [-0.05, 0) is 19.1 Å². The Morgan fingerprint density at radius 2 is 2.21 bits per heavy atom. The summed E-state index contributed by atoms with van der Waals surface area (Å²) in [5.74, 6) is 0.230. The van der Waals surface area contributed by atoms with Crippen molar-refractivity contribution in [2.75, 3.05) is 16.8 Å². The van der Waals surface area contributed by atoms with Crippen LogP contribution in [0.4, 0.5) is 5.69 Å². The number of thiazole rings is 1. The summed E-state index contributed by atoms with van der Waals surface area (Å²) in [7, 11) is -3.01. The largest absolute Gasteiger partial charge is 0.379 e. The molecule has 1 unspecified atom stereocenters. The highest BCUT2D eigenvalue weighted by Crippen LogP contribution is 2.32. The molecule has 0 bridgehead atoms. The summed E-state index contributed by atoms with van der Waals surface area (Å²) in [6.07, 6.45) is 0. The predicted octanol–water partition coefficient (Wildman–Crippen LogP) is 3.18. The third-order valence-corrected chi connectivity index (χ3v) is 5.78. The Bertz CT molecular complexity index is 682. The number of halogens is 1. The highest BCUT2D eigenvalue weighted by Gasteiger charge is 2.16. The van der Waals surface area contributed by atoms with E-state index >= 15 is 0 Å². The van der Waals surface area contributed by atoms with Crippen LogP contribution in [0.1, 0.15) is 13.8 Å². The van der Waals surface area contributed by atoms with Gasteiger partial charge in [0.25, 0.3) is 0 Å². The van der Waals surface area contributed by atoms with Crippen LogP contribution in [0.3, 0.4) is 0 Å². The molecule has 0 amide bonds. The average Bonchev–Trinajstić information content (AvgIpc) is 2.80. The molecule has 0 saturated carbocycles. The number of rotatable bonds is 5. The van der Waals surface area contributed by atoms with E-state index in [1.165, 1.54) is 11.3 Å². The van der Waals surface area contributed by atoms with Crippen LogP contribution in [-0.2, 0) is 9.84 Å². The molecular formula is C12H15ClN2O2S2. The van der Waals surface area contributed by atoms with Gasteiger partial charge in [0.1, 0.15) is 5.52 Å². The SMILES string of the molecule is CCS(=O)(=O)CC(C)Nc1c(Cl)ccc2scnc12. The number of sulfone groups is 1. The lowest BCUT2D eigenvalue weighted by Gasteiger charge is -2.16. The summed E-state index contributed by atoms with van der Waals surface area (Å²) < 4.78 is 24.2. The molecule has 4 nitrogen and oxygen atoms in total. The van der Waals surface area contributed by atoms with Crippen molar-refractivity contribution in [1.82, 2.24) is 4.98 Å². The van der Waals surface area contributed by atoms with E-state index in [2.05, 4.69) is 10.3 Å². The van der Waals surface area contributed by atoms with Crippen molar-refractivity contribution < 1.29 is 8.42 Å². The first-order chi connectivity index (χ1) is 8.93. The molecule has 19 heavy (non-hydrogen) atoms. The zero-order chi connectivity index (χ0) is 14.0. The van der Waals surface area contributed by atoms with Crippen LogP contribution in [0.15, 0.2) is 17.6 Å². The summed E-state index contributed by atoms with van der Waals surface area (Å²) in [5, 5.41) is 3.72. The smallest absolute Gasteiger partial charge is 0.152 e. The monoisotopic (exact) mass is 318 g/mol. The summed E-state index contributed by atoms with van der Waals surface area (Å²) in [6.45, 7) is 3.48. The maximum absolute atomic E-state index is 11.6. The molecular weight excluding hydrogens is 304 g/mol. The Balaban J connectivity index is 2.26. The first-order valence-corrected chi connectivity index (χ1v) is 8.99. The van der Waals surface area contributed by atoms with Crippen molar-refractivity contribution in [1.29, 1.82) is 0 Å². The number of hydrogen-bond acceptors (Lipinski definition) is 5. The highest BCUT2D eigenvalue weighted by molar-refractivity contribution is 7.91. The molecule has 104 valence electrons. The lowest BCUT2D eigenvalue weighted by molar-refractivity contribution is 0.593. The van der Waals surface area contributed by atoms with Crippen molar-refractivity contribution >= 4 is 48.7 Å². The Kier molecular flexibility index (Phi) is 4.32. The van der Waals surface area contributed by atoms with Gasteiger partial charge in [-0.1, -0.05) is 18.5 Å². The topological polar surface area (TPSA) is 59.1 Å². The van der Waals surface area contributed by atoms with Gasteiger partial charge in [-0.15, -0.1) is 11.3 Å². The summed E-state index contributed by atoms with van der Waals surface area (Å²) >= 11 is 7.69. The molecule has 0 aliphatic carbocycles. The fourth-order valence-electron chi connectivity index (χ4n) is 1.83. The van der Waals surface area contributed by atoms with E-state index < -0.39 is 9.84 Å². The Hall–Kier alpha value is -0.850.